The van der Waals surface area contributed by atoms with Crippen molar-refractivity contribution in [1.82, 2.24) is 4.90 Å². The van der Waals surface area contributed by atoms with E-state index in [1.807, 2.05) is 6.92 Å². The van der Waals surface area contributed by atoms with Crippen LogP contribution in [-0.2, 0) is 19.1 Å². The molecule has 2 saturated heterocycles. The van der Waals surface area contributed by atoms with Gasteiger partial charge >= 0.3 is 5.97 Å². The lowest BCUT2D eigenvalue weighted by Crippen LogP contribution is -2.98. The molecule has 0 aliphatic carbocycles. The van der Waals surface area contributed by atoms with E-state index in [1.54, 1.807) is 24.4 Å². The maximum absolute atomic E-state index is 13.3. The number of nitrogens with two attached hydrogens (primary N) is 1. The third-order valence-corrected chi connectivity index (χ3v) is 5.56. The van der Waals surface area contributed by atoms with Gasteiger partial charge in [0.05, 0.1) is 6.61 Å². The molecule has 2 N–H and O–H groups in total. The molecule has 2 amide bonds. The molecule has 6 nitrogen and oxygen atoms in total. The molecular weight excluding hydrogens is 339 g/mol. The predicted molar refractivity (Wildman–Crippen MR) is 90.1 cm³/mol. The number of halogens is 1. The van der Waals surface area contributed by atoms with Crippen molar-refractivity contribution in [3.05, 3.63) is 35.6 Å². The molecule has 1 aromatic rings. The van der Waals surface area contributed by atoms with E-state index in [0.717, 1.165) is 10.5 Å². The van der Waals surface area contributed by atoms with E-state index in [0.29, 0.717) is 12.8 Å². The lowest BCUT2D eigenvalue weighted by molar-refractivity contribution is -0.735. The van der Waals surface area contributed by atoms with Gasteiger partial charge in [0.2, 0.25) is 17.4 Å². The zero-order valence-corrected chi connectivity index (χ0v) is 15.2. The highest BCUT2D eigenvalue weighted by molar-refractivity contribution is 6.08. The van der Waals surface area contributed by atoms with Crippen molar-refractivity contribution in [1.29, 1.82) is 0 Å². The topological polar surface area (TPSA) is 80.3 Å². The van der Waals surface area contributed by atoms with Crippen LogP contribution in [0.1, 0.15) is 38.3 Å². The minimum atomic E-state index is -1.13. The number of ether oxygens (including phenoxy) is 1. The van der Waals surface area contributed by atoms with Crippen LogP contribution in [0.3, 0.4) is 0 Å². The van der Waals surface area contributed by atoms with Crippen LogP contribution in [0.15, 0.2) is 24.3 Å². The molecule has 0 saturated carbocycles. The Kier molecular flexibility index (Phi) is 4.84. The molecule has 26 heavy (non-hydrogen) atoms. The van der Waals surface area contributed by atoms with Gasteiger partial charge in [-0.2, -0.15) is 0 Å². The minimum Gasteiger partial charge on any atom is -0.461 e. The smallest absolute Gasteiger partial charge is 0.368 e. The Labute approximate surface area is 151 Å². The minimum absolute atomic E-state index is 0.203. The van der Waals surface area contributed by atoms with Crippen molar-refractivity contribution in [2.45, 2.75) is 38.3 Å². The average molecular weight is 363 g/mol. The highest BCUT2D eigenvalue weighted by Gasteiger charge is 2.71. The molecule has 0 bridgehead atoms. The monoisotopic (exact) mass is 363 g/mol. The van der Waals surface area contributed by atoms with Crippen molar-refractivity contribution in [3.63, 3.8) is 0 Å². The Hall–Kier alpha value is -2.28. The predicted octanol–water partition coefficient (Wildman–Crippen LogP) is 0.777. The summed E-state index contributed by atoms with van der Waals surface area (Å²) < 4.78 is 18.6. The first-order valence-electron chi connectivity index (χ1n) is 8.97. The Balaban J connectivity index is 2.11. The van der Waals surface area contributed by atoms with E-state index >= 15 is 0 Å². The third kappa shape index (κ3) is 2.61. The van der Waals surface area contributed by atoms with Gasteiger partial charge in [0.15, 0.2) is 0 Å². The second-order valence-electron chi connectivity index (χ2n) is 6.99. The van der Waals surface area contributed by atoms with Gasteiger partial charge in [-0.15, -0.1) is 0 Å². The second kappa shape index (κ2) is 6.79. The van der Waals surface area contributed by atoms with Gasteiger partial charge in [-0.05, 0) is 25.5 Å². The molecule has 2 heterocycles. The summed E-state index contributed by atoms with van der Waals surface area (Å²) in [5.41, 5.74) is -0.411. The summed E-state index contributed by atoms with van der Waals surface area (Å²) in [7, 11) is 1.45. The van der Waals surface area contributed by atoms with Crippen molar-refractivity contribution in [2.24, 2.45) is 11.8 Å². The first-order valence-corrected chi connectivity index (χ1v) is 8.97. The fourth-order valence-corrected chi connectivity index (χ4v) is 4.47. The maximum Gasteiger partial charge on any atom is 0.368 e. The summed E-state index contributed by atoms with van der Waals surface area (Å²) in [5.74, 6) is -2.91. The van der Waals surface area contributed by atoms with Gasteiger partial charge in [0.25, 0.3) is 0 Å². The summed E-state index contributed by atoms with van der Waals surface area (Å²) in [6, 6.07) is 5.44. The number of quaternary nitrogens is 1. The Morgan fingerprint density at radius 2 is 1.88 bits per heavy atom. The Morgan fingerprint density at radius 1 is 1.23 bits per heavy atom. The molecule has 4 atom stereocenters. The molecule has 2 fully saturated rings. The van der Waals surface area contributed by atoms with E-state index in [9.17, 15) is 18.8 Å². The number of fused-ring (bicyclic) bond motifs is 1. The molecule has 2 aliphatic rings. The maximum atomic E-state index is 13.3. The molecule has 0 radical (unpaired) electrons. The van der Waals surface area contributed by atoms with Gasteiger partial charge in [-0.3, -0.25) is 14.5 Å². The molecule has 0 aromatic heterocycles. The first-order chi connectivity index (χ1) is 12.4. The van der Waals surface area contributed by atoms with Gasteiger partial charge in [-0.25, -0.2) is 9.18 Å². The lowest BCUT2D eigenvalue weighted by Gasteiger charge is -2.28. The van der Waals surface area contributed by atoms with Crippen molar-refractivity contribution < 1.29 is 28.8 Å². The fourth-order valence-electron chi connectivity index (χ4n) is 4.47. The number of nitrogens with zero attached hydrogens (tertiary/aromatic N) is 1. The number of imide groups is 1. The van der Waals surface area contributed by atoms with Gasteiger partial charge in [-0.1, -0.05) is 19.1 Å². The standard InChI is InChI=1S/C19H23FN2O4/c1-4-10-19(18(25)26-5-2)14-13(16(23)22(3)17(14)24)15(21-19)11-6-8-12(20)9-7-11/h6-9,13-15,21H,4-5,10H2,1-3H3/p+1/t13-,14-,15-,19+/m0/s1. The number of esters is 1. The van der Waals surface area contributed by atoms with Gasteiger partial charge in [0.1, 0.15) is 23.7 Å². The SMILES string of the molecule is CCC[C@@]1(C(=O)OCC)[NH2+][C@@H](c2ccc(F)cc2)[C@H]2C(=O)N(C)C(=O)[C@H]21. The normalized spacial score (nSPS) is 30.6. The zero-order valence-electron chi connectivity index (χ0n) is 15.2. The number of hydrogen-bond donors (Lipinski definition) is 1. The second-order valence-corrected chi connectivity index (χ2v) is 6.99. The molecule has 1 aromatic carbocycles. The lowest BCUT2D eigenvalue weighted by atomic mass is 9.77. The number of amides is 2. The van der Waals surface area contributed by atoms with Crippen LogP contribution in [0.4, 0.5) is 4.39 Å². The third-order valence-electron chi connectivity index (χ3n) is 5.56. The van der Waals surface area contributed by atoms with Crippen LogP contribution in [0, 0.1) is 17.7 Å². The molecular formula is C19H24FN2O4+. The molecule has 0 unspecified atom stereocenters. The Bertz CT molecular complexity index is 736. The largest absolute Gasteiger partial charge is 0.461 e. The summed E-state index contributed by atoms with van der Waals surface area (Å²) in [6.45, 7) is 3.85. The Morgan fingerprint density at radius 3 is 2.46 bits per heavy atom. The van der Waals surface area contributed by atoms with Crippen molar-refractivity contribution >= 4 is 17.8 Å². The van der Waals surface area contributed by atoms with Crippen LogP contribution < -0.4 is 5.32 Å². The highest BCUT2D eigenvalue weighted by atomic mass is 19.1. The highest BCUT2D eigenvalue weighted by Crippen LogP contribution is 2.45. The molecule has 7 heteroatoms. The van der Waals surface area contributed by atoms with Crippen molar-refractivity contribution in [3.8, 4) is 0 Å². The molecule has 2 aliphatic heterocycles. The van der Waals surface area contributed by atoms with Crippen molar-refractivity contribution in [2.75, 3.05) is 13.7 Å². The zero-order chi connectivity index (χ0) is 19.1. The van der Waals surface area contributed by atoms with Crippen LogP contribution in [-0.4, -0.2) is 41.9 Å². The first kappa shape index (κ1) is 18.5. The van der Waals surface area contributed by atoms with E-state index in [-0.39, 0.29) is 24.2 Å². The van der Waals surface area contributed by atoms with E-state index in [1.165, 1.54) is 19.2 Å². The van der Waals surface area contributed by atoms with Crippen LogP contribution in [0.25, 0.3) is 0 Å². The van der Waals surface area contributed by atoms with E-state index in [2.05, 4.69) is 0 Å². The van der Waals surface area contributed by atoms with Gasteiger partial charge in [0, 0.05) is 19.0 Å². The van der Waals surface area contributed by atoms with Crippen LogP contribution >= 0.6 is 0 Å². The van der Waals surface area contributed by atoms with E-state index in [4.69, 9.17) is 4.74 Å². The molecule has 140 valence electrons. The number of hydrogen-bond acceptors (Lipinski definition) is 4. The number of carbonyl (C=O) groups is 3. The quantitative estimate of drug-likeness (QED) is 0.619. The summed E-state index contributed by atoms with van der Waals surface area (Å²) in [5, 5.41) is 1.81. The summed E-state index contributed by atoms with van der Waals surface area (Å²) >= 11 is 0. The number of likely N-dealkylation sites (tertiary alicyclic amines) is 1. The summed E-state index contributed by atoms with van der Waals surface area (Å²) in [6.07, 6.45) is 1.09. The summed E-state index contributed by atoms with van der Waals surface area (Å²) in [4.78, 5) is 39.6. The fraction of sp³-hybridized carbons (Fsp3) is 0.526. The van der Waals surface area contributed by atoms with Crippen LogP contribution in [0.5, 0.6) is 0 Å². The average Bonchev–Trinajstić information content (AvgIpc) is 3.07. The van der Waals surface area contributed by atoms with Crippen LogP contribution in [0.2, 0.25) is 0 Å². The number of benzene rings is 1. The van der Waals surface area contributed by atoms with E-state index < -0.39 is 29.4 Å². The number of carbonyl (C=O) groups excluding carboxylic acids is 3. The van der Waals surface area contributed by atoms with Gasteiger partial charge < -0.3 is 10.1 Å². The molecule has 0 spiro atoms. The number of rotatable bonds is 5. The molecule has 3 rings (SSSR count).